The Balaban J connectivity index is 1.82. The predicted molar refractivity (Wildman–Crippen MR) is 78.4 cm³/mol. The summed E-state index contributed by atoms with van der Waals surface area (Å²) in [5, 5.41) is 1.06. The molecule has 4 nitrogen and oxygen atoms in total. The van der Waals surface area contributed by atoms with Crippen molar-refractivity contribution in [3.05, 3.63) is 10.6 Å². The topological polar surface area (TPSA) is 36.4 Å². The van der Waals surface area contributed by atoms with E-state index in [4.69, 9.17) is 4.98 Å². The second-order valence-corrected chi connectivity index (χ2v) is 6.90. The van der Waals surface area contributed by atoms with Crippen LogP contribution >= 0.6 is 11.3 Å². The summed E-state index contributed by atoms with van der Waals surface area (Å²) in [6.07, 6.45) is 5.85. The van der Waals surface area contributed by atoms with Gasteiger partial charge in [0.25, 0.3) is 0 Å². The molecular formula is C14H21N3OS. The molecule has 19 heavy (non-hydrogen) atoms. The molecule has 1 saturated carbocycles. The van der Waals surface area contributed by atoms with Gasteiger partial charge in [-0.25, -0.2) is 4.98 Å². The first kappa shape index (κ1) is 13.1. The van der Waals surface area contributed by atoms with Gasteiger partial charge in [0.15, 0.2) is 11.4 Å². The number of rotatable bonds is 5. The van der Waals surface area contributed by atoms with Crippen LogP contribution in [0, 0.1) is 0 Å². The maximum Gasteiger partial charge on any atom is 0.186 e. The molecule has 2 aliphatic rings. The first-order valence-electron chi connectivity index (χ1n) is 7.06. The molecule has 1 aromatic heterocycles. The van der Waals surface area contributed by atoms with Crippen molar-refractivity contribution >= 4 is 22.8 Å². The third-order valence-corrected chi connectivity index (χ3v) is 4.97. The van der Waals surface area contributed by atoms with Gasteiger partial charge in [0.2, 0.25) is 0 Å². The van der Waals surface area contributed by atoms with Gasteiger partial charge in [-0.1, -0.05) is 11.3 Å². The lowest BCUT2D eigenvalue weighted by atomic mass is 10.2. The van der Waals surface area contributed by atoms with Gasteiger partial charge in [0.1, 0.15) is 0 Å². The van der Waals surface area contributed by atoms with E-state index in [1.165, 1.54) is 25.7 Å². The van der Waals surface area contributed by atoms with Crippen LogP contribution in [0.15, 0.2) is 0 Å². The number of hydrogen-bond acceptors (Lipinski definition) is 5. The number of aldehydes is 1. The van der Waals surface area contributed by atoms with Crippen LogP contribution < -0.4 is 4.90 Å². The van der Waals surface area contributed by atoms with Gasteiger partial charge in [0.05, 0.1) is 10.6 Å². The average Bonchev–Trinajstić information content (AvgIpc) is 2.97. The molecule has 0 aromatic carbocycles. The third kappa shape index (κ3) is 2.67. The van der Waals surface area contributed by atoms with Gasteiger partial charge >= 0.3 is 0 Å². The van der Waals surface area contributed by atoms with Crippen LogP contribution in [0.4, 0.5) is 5.13 Å². The van der Waals surface area contributed by atoms with Gasteiger partial charge in [-0.05, 0) is 39.8 Å². The average molecular weight is 279 g/mol. The summed E-state index contributed by atoms with van der Waals surface area (Å²) in [5.74, 6) is 0.556. The fourth-order valence-corrected chi connectivity index (χ4v) is 3.95. The first-order valence-corrected chi connectivity index (χ1v) is 7.88. The molecule has 0 N–H and O–H groups in total. The Bertz CT molecular complexity index is 467. The largest absolute Gasteiger partial charge is 0.344 e. The van der Waals surface area contributed by atoms with Crippen molar-refractivity contribution in [3.8, 4) is 0 Å². The zero-order chi connectivity index (χ0) is 13.4. The summed E-state index contributed by atoms with van der Waals surface area (Å²) >= 11 is 1.58. The van der Waals surface area contributed by atoms with Crippen LogP contribution in [0.1, 0.15) is 47.0 Å². The molecule has 1 atom stereocenters. The van der Waals surface area contributed by atoms with E-state index in [0.717, 1.165) is 35.1 Å². The Kier molecular flexibility index (Phi) is 3.58. The summed E-state index contributed by atoms with van der Waals surface area (Å²) in [7, 11) is 4.23. The molecule has 104 valence electrons. The Morgan fingerprint density at radius 3 is 2.84 bits per heavy atom. The Hall–Kier alpha value is -0.940. The third-order valence-electron chi connectivity index (χ3n) is 3.94. The van der Waals surface area contributed by atoms with E-state index < -0.39 is 0 Å². The van der Waals surface area contributed by atoms with E-state index >= 15 is 0 Å². The quantitative estimate of drug-likeness (QED) is 0.775. The molecule has 5 heteroatoms. The lowest BCUT2D eigenvalue weighted by molar-refractivity contribution is 0.112. The number of thiazole rings is 1. The molecule has 1 unspecified atom stereocenters. The van der Waals surface area contributed by atoms with Gasteiger partial charge in [-0.15, -0.1) is 0 Å². The smallest absolute Gasteiger partial charge is 0.186 e. The Morgan fingerprint density at radius 1 is 1.42 bits per heavy atom. The van der Waals surface area contributed by atoms with Crippen LogP contribution in [-0.4, -0.2) is 49.4 Å². The molecule has 0 spiro atoms. The summed E-state index contributed by atoms with van der Waals surface area (Å²) in [6.45, 7) is 2.14. The maximum atomic E-state index is 11.2. The molecular weight excluding hydrogens is 258 g/mol. The van der Waals surface area contributed by atoms with Crippen LogP contribution in [0.5, 0.6) is 0 Å². The van der Waals surface area contributed by atoms with E-state index in [9.17, 15) is 4.79 Å². The Morgan fingerprint density at radius 2 is 2.21 bits per heavy atom. The number of anilines is 1. The van der Waals surface area contributed by atoms with Gasteiger partial charge in [0, 0.05) is 25.0 Å². The molecule has 2 fully saturated rings. The van der Waals surface area contributed by atoms with Crippen LogP contribution in [0.25, 0.3) is 0 Å². The molecule has 0 radical (unpaired) electrons. The predicted octanol–water partition coefficient (Wildman–Crippen LogP) is 2.36. The molecule has 3 rings (SSSR count). The minimum atomic E-state index is 0.549. The van der Waals surface area contributed by atoms with Crippen LogP contribution in [-0.2, 0) is 0 Å². The number of nitrogens with zero attached hydrogens (tertiary/aromatic N) is 3. The first-order chi connectivity index (χ1) is 9.19. The molecule has 2 heterocycles. The van der Waals surface area contributed by atoms with E-state index in [2.05, 4.69) is 23.9 Å². The monoisotopic (exact) mass is 279 g/mol. The van der Waals surface area contributed by atoms with Crippen LogP contribution in [0.3, 0.4) is 0 Å². The van der Waals surface area contributed by atoms with Crippen molar-refractivity contribution in [1.82, 2.24) is 9.88 Å². The highest BCUT2D eigenvalue weighted by atomic mass is 32.1. The van der Waals surface area contributed by atoms with E-state index in [1.54, 1.807) is 11.3 Å². The van der Waals surface area contributed by atoms with Gasteiger partial charge < -0.3 is 9.80 Å². The summed E-state index contributed by atoms with van der Waals surface area (Å²) < 4.78 is 0. The number of carbonyl (C=O) groups is 1. The maximum absolute atomic E-state index is 11.2. The number of carbonyl (C=O) groups excluding carboxylic acids is 1. The standard InChI is InChI=1S/C14H21N3OS/c1-16(2)8-11-4-3-7-17(11)14-15-13(10-5-6-10)12(9-18)19-14/h9-11H,3-8H2,1-2H3. The normalized spacial score (nSPS) is 23.3. The number of aromatic nitrogens is 1. The SMILES string of the molecule is CN(C)CC1CCCN1c1nc(C2CC2)c(C=O)s1. The zero-order valence-corrected chi connectivity index (χ0v) is 12.4. The molecule has 1 aliphatic carbocycles. The lowest BCUT2D eigenvalue weighted by Crippen LogP contribution is -2.37. The van der Waals surface area contributed by atoms with Crippen molar-refractivity contribution in [2.75, 3.05) is 32.1 Å². The van der Waals surface area contributed by atoms with Gasteiger partial charge in [-0.2, -0.15) is 0 Å². The molecule has 0 bridgehead atoms. The fourth-order valence-electron chi connectivity index (χ4n) is 2.89. The second-order valence-electron chi connectivity index (χ2n) is 5.89. The lowest BCUT2D eigenvalue weighted by Gasteiger charge is -2.26. The summed E-state index contributed by atoms with van der Waals surface area (Å²) in [5.41, 5.74) is 1.06. The van der Waals surface area contributed by atoms with Crippen molar-refractivity contribution in [3.63, 3.8) is 0 Å². The summed E-state index contributed by atoms with van der Waals surface area (Å²) in [6, 6.07) is 0.549. The van der Waals surface area contributed by atoms with Crippen molar-refractivity contribution in [1.29, 1.82) is 0 Å². The number of hydrogen-bond donors (Lipinski definition) is 0. The van der Waals surface area contributed by atoms with E-state index in [-0.39, 0.29) is 0 Å². The molecule has 1 aromatic rings. The molecule has 0 amide bonds. The van der Waals surface area contributed by atoms with Crippen molar-refractivity contribution in [2.24, 2.45) is 0 Å². The minimum absolute atomic E-state index is 0.549. The minimum Gasteiger partial charge on any atom is -0.344 e. The molecule has 1 aliphatic heterocycles. The van der Waals surface area contributed by atoms with E-state index in [1.807, 2.05) is 0 Å². The second kappa shape index (κ2) is 5.21. The van der Waals surface area contributed by atoms with Gasteiger partial charge in [-0.3, -0.25) is 4.79 Å². The van der Waals surface area contributed by atoms with Crippen molar-refractivity contribution < 1.29 is 4.79 Å². The zero-order valence-electron chi connectivity index (χ0n) is 11.6. The Labute approximate surface area is 118 Å². The summed E-state index contributed by atoms with van der Waals surface area (Å²) in [4.78, 5) is 21.5. The fraction of sp³-hybridized carbons (Fsp3) is 0.714. The highest BCUT2D eigenvalue weighted by Crippen LogP contribution is 2.44. The molecule has 1 saturated heterocycles. The van der Waals surface area contributed by atoms with E-state index in [0.29, 0.717) is 12.0 Å². The highest BCUT2D eigenvalue weighted by Gasteiger charge is 2.33. The van der Waals surface area contributed by atoms with Crippen LogP contribution in [0.2, 0.25) is 0 Å². The van der Waals surface area contributed by atoms with Crippen molar-refractivity contribution in [2.45, 2.75) is 37.6 Å². The highest BCUT2D eigenvalue weighted by molar-refractivity contribution is 7.17. The number of likely N-dealkylation sites (N-methyl/N-ethyl adjacent to an activating group) is 1.